The van der Waals surface area contributed by atoms with Gasteiger partial charge in [0.15, 0.2) is 0 Å². The predicted octanol–water partition coefficient (Wildman–Crippen LogP) is 3.31. The van der Waals surface area contributed by atoms with Gasteiger partial charge in [-0.05, 0) is 42.5 Å². The van der Waals surface area contributed by atoms with E-state index in [0.29, 0.717) is 25.9 Å². The molecular formula is C22H25FN2O2. The number of amides is 2. The minimum atomic E-state index is -0.406. The zero-order valence-corrected chi connectivity index (χ0v) is 15.5. The van der Waals surface area contributed by atoms with Gasteiger partial charge in [-0.25, -0.2) is 4.39 Å². The largest absolute Gasteiger partial charge is 0.350 e. The smallest absolute Gasteiger partial charge is 0.243 e. The summed E-state index contributed by atoms with van der Waals surface area (Å²) in [6.45, 7) is 2.93. The average Bonchev–Trinajstić information content (AvgIpc) is 3.18. The van der Waals surface area contributed by atoms with Gasteiger partial charge in [0.25, 0.3) is 0 Å². The third-order valence-corrected chi connectivity index (χ3v) is 5.02. The lowest BCUT2D eigenvalue weighted by Gasteiger charge is -2.27. The first-order valence-corrected chi connectivity index (χ1v) is 9.41. The van der Waals surface area contributed by atoms with E-state index >= 15 is 0 Å². The van der Waals surface area contributed by atoms with E-state index in [1.54, 1.807) is 17.0 Å². The number of hydrogen-bond donors (Lipinski definition) is 1. The van der Waals surface area contributed by atoms with Gasteiger partial charge in [0.2, 0.25) is 11.8 Å². The fourth-order valence-corrected chi connectivity index (χ4v) is 3.55. The molecule has 0 saturated carbocycles. The zero-order chi connectivity index (χ0) is 19.2. The van der Waals surface area contributed by atoms with Crippen molar-refractivity contribution in [1.82, 2.24) is 10.2 Å². The van der Waals surface area contributed by atoms with Gasteiger partial charge in [-0.3, -0.25) is 9.59 Å². The zero-order valence-electron chi connectivity index (χ0n) is 15.5. The van der Waals surface area contributed by atoms with E-state index in [4.69, 9.17) is 0 Å². The molecule has 0 bridgehead atoms. The topological polar surface area (TPSA) is 49.4 Å². The number of halogens is 1. The van der Waals surface area contributed by atoms with Gasteiger partial charge in [0.05, 0.1) is 0 Å². The van der Waals surface area contributed by atoms with Crippen LogP contribution in [0.3, 0.4) is 0 Å². The summed E-state index contributed by atoms with van der Waals surface area (Å²) >= 11 is 0. The highest BCUT2D eigenvalue weighted by atomic mass is 19.1. The van der Waals surface area contributed by atoms with E-state index < -0.39 is 6.04 Å². The SMILES string of the molecule is CC(Cc1ccc(F)cc1)C(=O)N1CCC[C@@H]1C(=O)NCc1ccccc1. The number of benzene rings is 2. The van der Waals surface area contributed by atoms with Crippen LogP contribution in [0.2, 0.25) is 0 Å². The summed E-state index contributed by atoms with van der Waals surface area (Å²) < 4.78 is 13.0. The lowest BCUT2D eigenvalue weighted by Crippen LogP contribution is -2.47. The monoisotopic (exact) mass is 368 g/mol. The number of likely N-dealkylation sites (tertiary alicyclic amines) is 1. The molecule has 2 aromatic carbocycles. The van der Waals surface area contributed by atoms with Gasteiger partial charge < -0.3 is 10.2 Å². The average molecular weight is 368 g/mol. The normalized spacial score (nSPS) is 17.6. The number of carbonyl (C=O) groups excluding carboxylic acids is 2. The number of hydrogen-bond acceptors (Lipinski definition) is 2. The van der Waals surface area contributed by atoms with Crippen molar-refractivity contribution in [2.24, 2.45) is 5.92 Å². The Kier molecular flexibility index (Phi) is 6.22. The van der Waals surface area contributed by atoms with Crippen LogP contribution in [0.15, 0.2) is 54.6 Å². The van der Waals surface area contributed by atoms with Crippen molar-refractivity contribution < 1.29 is 14.0 Å². The third kappa shape index (κ3) is 4.94. The summed E-state index contributed by atoms with van der Waals surface area (Å²) in [5.41, 5.74) is 1.95. The van der Waals surface area contributed by atoms with Crippen LogP contribution >= 0.6 is 0 Å². The first-order chi connectivity index (χ1) is 13.0. The van der Waals surface area contributed by atoms with Crippen LogP contribution in [-0.2, 0) is 22.6 Å². The van der Waals surface area contributed by atoms with E-state index in [9.17, 15) is 14.0 Å². The van der Waals surface area contributed by atoms with Gasteiger partial charge in [-0.2, -0.15) is 0 Å². The van der Waals surface area contributed by atoms with Gasteiger partial charge in [-0.15, -0.1) is 0 Å². The highest BCUT2D eigenvalue weighted by Gasteiger charge is 2.35. The van der Waals surface area contributed by atoms with Crippen LogP contribution in [-0.4, -0.2) is 29.3 Å². The van der Waals surface area contributed by atoms with Gasteiger partial charge >= 0.3 is 0 Å². The molecule has 1 heterocycles. The Morgan fingerprint density at radius 2 is 1.81 bits per heavy atom. The number of nitrogens with one attached hydrogen (secondary N) is 1. The summed E-state index contributed by atoms with van der Waals surface area (Å²) in [4.78, 5) is 27.2. The molecule has 2 atom stereocenters. The number of rotatable bonds is 6. The van der Waals surface area contributed by atoms with Crippen molar-refractivity contribution in [3.8, 4) is 0 Å². The van der Waals surface area contributed by atoms with Crippen molar-refractivity contribution >= 4 is 11.8 Å². The van der Waals surface area contributed by atoms with E-state index in [2.05, 4.69) is 5.32 Å². The molecule has 27 heavy (non-hydrogen) atoms. The van der Waals surface area contributed by atoms with Crippen molar-refractivity contribution in [2.75, 3.05) is 6.54 Å². The van der Waals surface area contributed by atoms with Crippen LogP contribution in [0, 0.1) is 11.7 Å². The summed E-state index contributed by atoms with van der Waals surface area (Å²) in [5.74, 6) is -0.652. The molecule has 1 N–H and O–H groups in total. The maximum absolute atomic E-state index is 13.0. The molecule has 5 heteroatoms. The second kappa shape index (κ2) is 8.80. The Labute approximate surface area is 159 Å². The van der Waals surface area contributed by atoms with Gasteiger partial charge in [0, 0.05) is 19.0 Å². The minimum Gasteiger partial charge on any atom is -0.350 e. The Balaban J connectivity index is 1.58. The third-order valence-electron chi connectivity index (χ3n) is 5.02. The highest BCUT2D eigenvalue weighted by molar-refractivity contribution is 5.89. The van der Waals surface area contributed by atoms with Gasteiger partial charge in [-0.1, -0.05) is 49.4 Å². The van der Waals surface area contributed by atoms with E-state index in [-0.39, 0.29) is 23.5 Å². The standard InChI is InChI=1S/C22H25FN2O2/c1-16(14-17-9-11-19(23)12-10-17)22(27)25-13-5-8-20(25)21(26)24-15-18-6-3-2-4-7-18/h2-4,6-7,9-12,16,20H,5,8,13-15H2,1H3,(H,24,26)/t16?,20-/m1/s1. The Bertz CT molecular complexity index is 777. The Morgan fingerprint density at radius 3 is 2.52 bits per heavy atom. The first kappa shape index (κ1) is 19.1. The van der Waals surface area contributed by atoms with Crippen molar-refractivity contribution in [3.05, 3.63) is 71.5 Å². The molecule has 0 aliphatic carbocycles. The summed E-state index contributed by atoms with van der Waals surface area (Å²) in [6, 6.07) is 15.5. The highest BCUT2D eigenvalue weighted by Crippen LogP contribution is 2.22. The molecule has 3 rings (SSSR count). The molecule has 0 aromatic heterocycles. The second-order valence-corrected chi connectivity index (χ2v) is 7.12. The maximum atomic E-state index is 13.0. The van der Waals surface area contributed by atoms with Crippen LogP contribution in [0.5, 0.6) is 0 Å². The molecule has 1 aliphatic rings. The van der Waals surface area contributed by atoms with Crippen LogP contribution in [0.1, 0.15) is 30.9 Å². The van der Waals surface area contributed by atoms with Crippen molar-refractivity contribution in [2.45, 2.75) is 38.8 Å². The van der Waals surface area contributed by atoms with Crippen molar-refractivity contribution in [3.63, 3.8) is 0 Å². The van der Waals surface area contributed by atoms with Crippen LogP contribution in [0.25, 0.3) is 0 Å². The summed E-state index contributed by atoms with van der Waals surface area (Å²) in [5, 5.41) is 2.95. The van der Waals surface area contributed by atoms with Crippen LogP contribution < -0.4 is 5.32 Å². The molecule has 2 aromatic rings. The van der Waals surface area contributed by atoms with E-state index in [0.717, 1.165) is 17.5 Å². The molecule has 1 fully saturated rings. The number of carbonyl (C=O) groups is 2. The molecule has 0 spiro atoms. The summed E-state index contributed by atoms with van der Waals surface area (Å²) in [7, 11) is 0. The minimum absolute atomic E-state index is 0.0170. The molecule has 4 nitrogen and oxygen atoms in total. The molecule has 1 unspecified atom stereocenters. The fourth-order valence-electron chi connectivity index (χ4n) is 3.55. The maximum Gasteiger partial charge on any atom is 0.243 e. The molecule has 1 aliphatic heterocycles. The fraction of sp³-hybridized carbons (Fsp3) is 0.364. The molecule has 142 valence electrons. The second-order valence-electron chi connectivity index (χ2n) is 7.12. The molecule has 0 radical (unpaired) electrons. The van der Waals surface area contributed by atoms with E-state index in [1.165, 1.54) is 12.1 Å². The van der Waals surface area contributed by atoms with Gasteiger partial charge in [0.1, 0.15) is 11.9 Å². The quantitative estimate of drug-likeness (QED) is 0.850. The van der Waals surface area contributed by atoms with E-state index in [1.807, 2.05) is 37.3 Å². The Morgan fingerprint density at radius 1 is 1.11 bits per heavy atom. The lowest BCUT2D eigenvalue weighted by molar-refractivity contribution is -0.141. The number of nitrogens with zero attached hydrogens (tertiary/aromatic N) is 1. The molecule has 2 amide bonds. The Hall–Kier alpha value is -2.69. The summed E-state index contributed by atoms with van der Waals surface area (Å²) in [6.07, 6.45) is 2.06. The predicted molar refractivity (Wildman–Crippen MR) is 102 cm³/mol. The lowest BCUT2D eigenvalue weighted by atomic mass is 9.99. The first-order valence-electron chi connectivity index (χ1n) is 9.41. The molecule has 1 saturated heterocycles. The van der Waals surface area contributed by atoms with Crippen LogP contribution in [0.4, 0.5) is 4.39 Å². The molecular weight excluding hydrogens is 343 g/mol. The van der Waals surface area contributed by atoms with Crippen molar-refractivity contribution in [1.29, 1.82) is 0 Å².